The molecule has 0 radical (unpaired) electrons. The molecule has 0 aliphatic rings. The summed E-state index contributed by atoms with van der Waals surface area (Å²) in [6.07, 6.45) is -0.0863. The Morgan fingerprint density at radius 3 is 2.44 bits per heavy atom. The van der Waals surface area contributed by atoms with Crippen LogP contribution in [0.4, 0.5) is 0 Å². The molecule has 0 aliphatic heterocycles. The van der Waals surface area contributed by atoms with E-state index in [1.165, 1.54) is 0 Å². The Labute approximate surface area is 188 Å². The smallest absolute Gasteiger partial charge is 0.161 e. The van der Waals surface area contributed by atoms with Crippen molar-refractivity contribution in [3.05, 3.63) is 83.7 Å². The molecule has 1 aromatic heterocycles. The zero-order chi connectivity index (χ0) is 22.5. The van der Waals surface area contributed by atoms with Gasteiger partial charge in [0.1, 0.15) is 24.3 Å². The molecule has 1 heterocycles. The van der Waals surface area contributed by atoms with E-state index >= 15 is 0 Å². The number of rotatable bonds is 9. The number of ether oxygens (including phenoxy) is 3. The third-order valence-corrected chi connectivity index (χ3v) is 5.46. The van der Waals surface area contributed by atoms with Crippen molar-refractivity contribution in [1.82, 2.24) is 9.55 Å². The molecule has 0 bridgehead atoms. The van der Waals surface area contributed by atoms with Gasteiger partial charge in [0, 0.05) is 6.42 Å². The first-order chi connectivity index (χ1) is 15.6. The van der Waals surface area contributed by atoms with Crippen molar-refractivity contribution in [2.45, 2.75) is 26.0 Å². The van der Waals surface area contributed by atoms with Gasteiger partial charge in [0.05, 0.1) is 31.8 Å². The third-order valence-electron chi connectivity index (χ3n) is 5.46. The van der Waals surface area contributed by atoms with Gasteiger partial charge in [-0.3, -0.25) is 0 Å². The van der Waals surface area contributed by atoms with Crippen LogP contribution >= 0.6 is 0 Å². The number of methoxy groups -OCH3 is 2. The predicted molar refractivity (Wildman–Crippen MR) is 125 cm³/mol. The topological polar surface area (TPSA) is 65.7 Å². The Hall–Kier alpha value is -3.51. The first kappa shape index (κ1) is 21.7. The number of aryl methyl sites for hydroxylation is 1. The van der Waals surface area contributed by atoms with Gasteiger partial charge in [-0.15, -0.1) is 0 Å². The minimum absolute atomic E-state index is 0.202. The molecule has 0 saturated heterocycles. The summed E-state index contributed by atoms with van der Waals surface area (Å²) in [5.74, 6) is 3.02. The van der Waals surface area contributed by atoms with Crippen LogP contribution in [0.1, 0.15) is 17.0 Å². The molecular formula is C26H28N2O4. The van der Waals surface area contributed by atoms with E-state index < -0.39 is 6.10 Å². The van der Waals surface area contributed by atoms with Crippen molar-refractivity contribution < 1.29 is 19.3 Å². The number of aromatic nitrogens is 2. The molecule has 32 heavy (non-hydrogen) atoms. The van der Waals surface area contributed by atoms with Crippen LogP contribution in [0.5, 0.6) is 17.2 Å². The number of benzene rings is 3. The highest BCUT2D eigenvalue weighted by molar-refractivity contribution is 5.76. The van der Waals surface area contributed by atoms with Crippen LogP contribution in [0.15, 0.2) is 66.7 Å². The summed E-state index contributed by atoms with van der Waals surface area (Å²) in [6, 6.07) is 21.6. The summed E-state index contributed by atoms with van der Waals surface area (Å²) >= 11 is 0. The van der Waals surface area contributed by atoms with E-state index in [1.54, 1.807) is 14.2 Å². The second-order valence-corrected chi connectivity index (χ2v) is 7.72. The second kappa shape index (κ2) is 9.75. The SMILES string of the molecule is COc1ccc(Cc2nc3ccccc3n2C[C@H](O)COc2ccccc2C)cc1OC. The molecule has 0 fully saturated rings. The minimum Gasteiger partial charge on any atom is -0.493 e. The standard InChI is InChI=1S/C26H28N2O4/c1-18-8-4-7-11-23(18)32-17-20(29)16-28-22-10-6-5-9-21(22)27-26(28)15-19-12-13-24(30-2)25(14-19)31-3/h4-14,20,29H,15-17H2,1-3H3/t20-/m0/s1. The molecule has 0 saturated carbocycles. The lowest BCUT2D eigenvalue weighted by Gasteiger charge is -2.17. The maximum atomic E-state index is 10.8. The Bertz CT molecular complexity index is 1200. The van der Waals surface area contributed by atoms with Crippen molar-refractivity contribution in [3.63, 3.8) is 0 Å². The van der Waals surface area contributed by atoms with E-state index in [9.17, 15) is 5.11 Å². The molecule has 4 rings (SSSR count). The van der Waals surface area contributed by atoms with Crippen molar-refractivity contribution >= 4 is 11.0 Å². The molecule has 3 aromatic carbocycles. The average Bonchev–Trinajstić information content (AvgIpc) is 3.15. The summed E-state index contributed by atoms with van der Waals surface area (Å²) in [5, 5.41) is 10.8. The van der Waals surface area contributed by atoms with Gasteiger partial charge in [0.25, 0.3) is 0 Å². The van der Waals surface area contributed by atoms with Crippen LogP contribution in [0.2, 0.25) is 0 Å². The van der Waals surface area contributed by atoms with Gasteiger partial charge < -0.3 is 23.9 Å². The van der Waals surface area contributed by atoms with E-state index in [4.69, 9.17) is 19.2 Å². The first-order valence-corrected chi connectivity index (χ1v) is 10.6. The Morgan fingerprint density at radius 1 is 0.906 bits per heavy atom. The molecule has 0 spiro atoms. The number of fused-ring (bicyclic) bond motifs is 1. The summed E-state index contributed by atoms with van der Waals surface area (Å²) in [6.45, 7) is 2.58. The molecule has 166 valence electrons. The first-order valence-electron chi connectivity index (χ1n) is 10.6. The molecule has 6 heteroatoms. The van der Waals surface area contributed by atoms with Crippen LogP contribution in [-0.2, 0) is 13.0 Å². The largest absolute Gasteiger partial charge is 0.493 e. The quantitative estimate of drug-likeness (QED) is 0.425. The minimum atomic E-state index is -0.684. The lowest BCUT2D eigenvalue weighted by atomic mass is 10.1. The summed E-state index contributed by atoms with van der Waals surface area (Å²) in [5.41, 5.74) is 3.97. The van der Waals surface area contributed by atoms with Crippen molar-refractivity contribution in [2.24, 2.45) is 0 Å². The van der Waals surface area contributed by atoms with E-state index in [2.05, 4.69) is 4.57 Å². The molecule has 0 amide bonds. The van der Waals surface area contributed by atoms with Crippen LogP contribution < -0.4 is 14.2 Å². The number of para-hydroxylation sites is 3. The monoisotopic (exact) mass is 432 g/mol. The van der Waals surface area contributed by atoms with Crippen LogP contribution in [0.3, 0.4) is 0 Å². The van der Waals surface area contributed by atoms with Crippen molar-refractivity contribution in [2.75, 3.05) is 20.8 Å². The van der Waals surface area contributed by atoms with Crippen molar-refractivity contribution in [1.29, 1.82) is 0 Å². The predicted octanol–water partition coefficient (Wildman–Crippen LogP) is 4.39. The lowest BCUT2D eigenvalue weighted by molar-refractivity contribution is 0.0925. The molecule has 0 aliphatic carbocycles. The second-order valence-electron chi connectivity index (χ2n) is 7.72. The molecular weight excluding hydrogens is 404 g/mol. The maximum Gasteiger partial charge on any atom is 0.161 e. The Balaban J connectivity index is 1.57. The highest BCUT2D eigenvalue weighted by atomic mass is 16.5. The van der Waals surface area contributed by atoms with E-state index in [1.807, 2.05) is 73.7 Å². The zero-order valence-corrected chi connectivity index (χ0v) is 18.6. The normalized spacial score (nSPS) is 12.0. The number of aliphatic hydroxyl groups excluding tert-OH is 1. The fourth-order valence-corrected chi connectivity index (χ4v) is 3.81. The van der Waals surface area contributed by atoms with Gasteiger partial charge in [-0.25, -0.2) is 4.98 Å². The van der Waals surface area contributed by atoms with Crippen molar-refractivity contribution in [3.8, 4) is 17.2 Å². The van der Waals surface area contributed by atoms with Crippen LogP contribution in [0.25, 0.3) is 11.0 Å². The maximum absolute atomic E-state index is 10.8. The molecule has 6 nitrogen and oxygen atoms in total. The Kier molecular flexibility index (Phi) is 6.61. The average molecular weight is 433 g/mol. The summed E-state index contributed by atoms with van der Waals surface area (Å²) in [4.78, 5) is 4.83. The number of aliphatic hydroxyl groups is 1. The van der Waals surface area contributed by atoms with Crippen LogP contribution in [-0.4, -0.2) is 41.6 Å². The van der Waals surface area contributed by atoms with E-state index in [0.717, 1.165) is 33.7 Å². The zero-order valence-electron chi connectivity index (χ0n) is 18.6. The van der Waals surface area contributed by atoms with E-state index in [0.29, 0.717) is 24.5 Å². The van der Waals surface area contributed by atoms with Gasteiger partial charge in [-0.2, -0.15) is 0 Å². The van der Waals surface area contributed by atoms with E-state index in [-0.39, 0.29) is 6.61 Å². The fourth-order valence-electron chi connectivity index (χ4n) is 3.81. The number of hydrogen-bond acceptors (Lipinski definition) is 5. The molecule has 4 aromatic rings. The highest BCUT2D eigenvalue weighted by Gasteiger charge is 2.16. The Morgan fingerprint density at radius 2 is 1.66 bits per heavy atom. The highest BCUT2D eigenvalue weighted by Crippen LogP contribution is 2.29. The molecule has 0 unspecified atom stereocenters. The molecule has 1 N–H and O–H groups in total. The lowest BCUT2D eigenvalue weighted by Crippen LogP contribution is -2.24. The summed E-state index contributed by atoms with van der Waals surface area (Å²) in [7, 11) is 3.25. The number of hydrogen-bond donors (Lipinski definition) is 1. The molecule has 1 atom stereocenters. The number of imidazole rings is 1. The van der Waals surface area contributed by atoms with Crippen LogP contribution in [0, 0.1) is 6.92 Å². The van der Waals surface area contributed by atoms with Gasteiger partial charge in [-0.1, -0.05) is 36.4 Å². The summed E-state index contributed by atoms with van der Waals surface area (Å²) < 4.78 is 18.7. The van der Waals surface area contributed by atoms with Gasteiger partial charge in [0.15, 0.2) is 11.5 Å². The third kappa shape index (κ3) is 4.70. The van der Waals surface area contributed by atoms with Gasteiger partial charge in [-0.05, 0) is 48.4 Å². The fraction of sp³-hybridized carbons (Fsp3) is 0.269. The van der Waals surface area contributed by atoms with Gasteiger partial charge >= 0.3 is 0 Å². The van der Waals surface area contributed by atoms with Gasteiger partial charge in [0.2, 0.25) is 0 Å². The number of nitrogens with zero attached hydrogens (tertiary/aromatic N) is 2.